The first-order valence-corrected chi connectivity index (χ1v) is 10.4. The number of methoxy groups -OCH3 is 1. The van der Waals surface area contributed by atoms with Gasteiger partial charge in [0.05, 0.1) is 30.0 Å². The van der Waals surface area contributed by atoms with Crippen molar-refractivity contribution < 1.29 is 14.3 Å². The molecular formula is C24H21ClN4O3. The maximum atomic E-state index is 13.2. The lowest BCUT2D eigenvalue weighted by atomic mass is 10.1. The summed E-state index contributed by atoms with van der Waals surface area (Å²) in [6.45, 7) is 1.70. The maximum Gasteiger partial charge on any atom is 0.244 e. The molecule has 0 aliphatic carbocycles. The molecule has 0 fully saturated rings. The van der Waals surface area contributed by atoms with E-state index in [-0.39, 0.29) is 24.8 Å². The molecule has 2 amide bonds. The predicted octanol–water partition coefficient (Wildman–Crippen LogP) is 4.55. The summed E-state index contributed by atoms with van der Waals surface area (Å²) < 4.78 is 5.20. The van der Waals surface area contributed by atoms with E-state index in [0.717, 1.165) is 11.1 Å². The van der Waals surface area contributed by atoms with Crippen LogP contribution in [0.4, 0.5) is 17.2 Å². The van der Waals surface area contributed by atoms with Gasteiger partial charge < -0.3 is 10.1 Å². The highest BCUT2D eigenvalue weighted by Gasteiger charge is 2.28. The van der Waals surface area contributed by atoms with Crippen LogP contribution < -0.4 is 15.0 Å². The van der Waals surface area contributed by atoms with Gasteiger partial charge in [-0.1, -0.05) is 17.7 Å². The number of carbonyl (C=O) groups excluding carboxylic acids is 2. The molecule has 0 atom stereocenters. The van der Waals surface area contributed by atoms with Crippen molar-refractivity contribution in [2.75, 3.05) is 23.9 Å². The summed E-state index contributed by atoms with van der Waals surface area (Å²) in [4.78, 5) is 36.3. The highest BCUT2D eigenvalue weighted by molar-refractivity contribution is 6.33. The van der Waals surface area contributed by atoms with Crippen LogP contribution in [0.25, 0.3) is 0 Å². The van der Waals surface area contributed by atoms with E-state index < -0.39 is 0 Å². The third-order valence-corrected chi connectivity index (χ3v) is 5.33. The molecular weight excluding hydrogens is 428 g/mol. The average molecular weight is 449 g/mol. The number of ether oxygens (including phenoxy) is 1. The van der Waals surface area contributed by atoms with Crippen molar-refractivity contribution in [1.82, 2.24) is 4.98 Å². The smallest absolute Gasteiger partial charge is 0.244 e. The number of nitrogens with one attached hydrogen (secondary N) is 1. The van der Waals surface area contributed by atoms with Crippen LogP contribution in [0.3, 0.4) is 0 Å². The molecule has 1 aliphatic heterocycles. The Labute approximate surface area is 190 Å². The topological polar surface area (TPSA) is 83.9 Å². The van der Waals surface area contributed by atoms with E-state index in [4.69, 9.17) is 16.3 Å². The summed E-state index contributed by atoms with van der Waals surface area (Å²) >= 11 is 6.23. The number of halogens is 1. The number of nitrogens with zero attached hydrogens (tertiary/aromatic N) is 3. The van der Waals surface area contributed by atoms with E-state index in [1.807, 2.05) is 37.3 Å². The van der Waals surface area contributed by atoms with Crippen LogP contribution in [-0.4, -0.2) is 36.2 Å². The van der Waals surface area contributed by atoms with Crippen molar-refractivity contribution in [2.45, 2.75) is 13.3 Å². The Morgan fingerprint density at radius 1 is 1.19 bits per heavy atom. The van der Waals surface area contributed by atoms with Crippen molar-refractivity contribution in [2.24, 2.45) is 4.99 Å². The molecule has 0 bridgehead atoms. The molecule has 1 aliphatic rings. The van der Waals surface area contributed by atoms with Gasteiger partial charge in [0.25, 0.3) is 0 Å². The first-order chi connectivity index (χ1) is 15.4. The van der Waals surface area contributed by atoms with Gasteiger partial charge in [0.2, 0.25) is 11.8 Å². The van der Waals surface area contributed by atoms with E-state index in [9.17, 15) is 9.59 Å². The molecule has 4 rings (SSSR count). The van der Waals surface area contributed by atoms with E-state index in [2.05, 4.69) is 15.3 Å². The molecule has 32 heavy (non-hydrogen) atoms. The number of rotatable bonds is 5. The minimum absolute atomic E-state index is 0.0290. The number of benzene rings is 2. The van der Waals surface area contributed by atoms with E-state index in [0.29, 0.717) is 33.7 Å². The van der Waals surface area contributed by atoms with Crippen molar-refractivity contribution in [3.05, 3.63) is 76.9 Å². The van der Waals surface area contributed by atoms with Gasteiger partial charge in [-0.25, -0.2) is 9.98 Å². The van der Waals surface area contributed by atoms with Gasteiger partial charge in [-0.3, -0.25) is 14.5 Å². The van der Waals surface area contributed by atoms with Crippen molar-refractivity contribution in [3.63, 3.8) is 0 Å². The first-order valence-electron chi connectivity index (χ1n) is 9.98. The Morgan fingerprint density at radius 3 is 2.69 bits per heavy atom. The number of aryl methyl sites for hydroxylation is 1. The average Bonchev–Trinajstić information content (AvgIpc) is 2.92. The van der Waals surface area contributed by atoms with Crippen LogP contribution in [0.1, 0.15) is 17.5 Å². The Kier molecular flexibility index (Phi) is 6.18. The summed E-state index contributed by atoms with van der Waals surface area (Å²) in [5.74, 6) is 0.395. The number of aromatic nitrogens is 1. The monoisotopic (exact) mass is 448 g/mol. The molecule has 0 radical (unpaired) electrons. The zero-order valence-electron chi connectivity index (χ0n) is 17.6. The van der Waals surface area contributed by atoms with E-state index in [1.165, 1.54) is 4.90 Å². The van der Waals surface area contributed by atoms with Crippen molar-refractivity contribution in [3.8, 4) is 5.75 Å². The lowest BCUT2D eigenvalue weighted by Gasteiger charge is -2.21. The molecule has 0 saturated carbocycles. The van der Waals surface area contributed by atoms with Crippen LogP contribution in [0, 0.1) is 6.92 Å². The third-order valence-electron chi connectivity index (χ3n) is 5.02. The minimum atomic E-state index is -0.381. The van der Waals surface area contributed by atoms with Crippen LogP contribution in [0.2, 0.25) is 5.02 Å². The Hall–Kier alpha value is -3.71. The molecule has 0 unspecified atom stereocenters. The fourth-order valence-electron chi connectivity index (χ4n) is 3.39. The largest absolute Gasteiger partial charge is 0.497 e. The molecule has 7 nitrogen and oxygen atoms in total. The van der Waals surface area contributed by atoms with Gasteiger partial charge in [-0.2, -0.15) is 0 Å². The Bertz CT molecular complexity index is 1210. The normalized spacial score (nSPS) is 13.2. The van der Waals surface area contributed by atoms with Gasteiger partial charge in [0.1, 0.15) is 18.0 Å². The van der Waals surface area contributed by atoms with Gasteiger partial charge in [0.15, 0.2) is 5.82 Å². The zero-order valence-corrected chi connectivity index (χ0v) is 18.4. The standard InChI is InChI=1S/C24H21ClN4O3/c1-15-5-10-19(18(25)12-15)28-22(30)14-29-23(31)13-21(16-6-8-17(32-2)9-7-16)27-20-4-3-11-26-24(20)29/h3-12H,13-14H2,1-2H3,(H,28,30). The quantitative estimate of drug-likeness (QED) is 0.620. The molecule has 8 heteroatoms. The lowest BCUT2D eigenvalue weighted by Crippen LogP contribution is -2.39. The molecule has 2 heterocycles. The summed E-state index contributed by atoms with van der Waals surface area (Å²) in [6.07, 6.45) is 1.60. The molecule has 1 aromatic heterocycles. The second-order valence-electron chi connectivity index (χ2n) is 7.32. The molecule has 1 N–H and O–H groups in total. The number of aliphatic imine (C=N–C) groups is 1. The van der Waals surface area contributed by atoms with Gasteiger partial charge in [0, 0.05) is 6.20 Å². The highest BCUT2D eigenvalue weighted by Crippen LogP contribution is 2.31. The second kappa shape index (κ2) is 9.20. The number of hydrogen-bond acceptors (Lipinski definition) is 5. The Morgan fingerprint density at radius 2 is 1.97 bits per heavy atom. The molecule has 3 aromatic rings. The predicted molar refractivity (Wildman–Crippen MR) is 125 cm³/mol. The Balaban J connectivity index is 1.60. The fraction of sp³-hybridized carbons (Fsp3) is 0.167. The number of amides is 2. The van der Waals surface area contributed by atoms with Crippen molar-refractivity contribution >= 4 is 46.3 Å². The molecule has 162 valence electrons. The summed E-state index contributed by atoms with van der Waals surface area (Å²) in [6, 6.07) is 16.2. The van der Waals surface area contributed by atoms with E-state index >= 15 is 0 Å². The van der Waals surface area contributed by atoms with Gasteiger partial charge in [-0.15, -0.1) is 0 Å². The van der Waals surface area contributed by atoms with E-state index in [1.54, 1.807) is 37.6 Å². The first kappa shape index (κ1) is 21.5. The maximum absolute atomic E-state index is 13.2. The number of pyridine rings is 1. The van der Waals surface area contributed by atoms with Crippen molar-refractivity contribution in [1.29, 1.82) is 0 Å². The third kappa shape index (κ3) is 4.63. The van der Waals surface area contributed by atoms with Crippen LogP contribution in [-0.2, 0) is 9.59 Å². The van der Waals surface area contributed by atoms with Crippen LogP contribution in [0.15, 0.2) is 65.8 Å². The number of anilines is 2. The highest BCUT2D eigenvalue weighted by atomic mass is 35.5. The summed E-state index contributed by atoms with van der Waals surface area (Å²) in [7, 11) is 1.59. The minimum Gasteiger partial charge on any atom is -0.497 e. The lowest BCUT2D eigenvalue weighted by molar-refractivity contribution is -0.120. The number of carbonyl (C=O) groups is 2. The van der Waals surface area contributed by atoms with Crippen LogP contribution in [0.5, 0.6) is 5.75 Å². The number of hydrogen-bond donors (Lipinski definition) is 1. The summed E-state index contributed by atoms with van der Waals surface area (Å²) in [5.41, 5.74) is 3.38. The summed E-state index contributed by atoms with van der Waals surface area (Å²) in [5, 5.41) is 3.20. The van der Waals surface area contributed by atoms with Crippen LogP contribution >= 0.6 is 11.6 Å². The number of fused-ring (bicyclic) bond motifs is 1. The zero-order chi connectivity index (χ0) is 22.7. The SMILES string of the molecule is COc1ccc(C2=Nc3cccnc3N(CC(=O)Nc3ccc(C)cc3Cl)C(=O)C2)cc1. The van der Waals surface area contributed by atoms with Gasteiger partial charge >= 0.3 is 0 Å². The molecule has 0 saturated heterocycles. The van der Waals surface area contributed by atoms with Gasteiger partial charge in [-0.05, 0) is 66.6 Å². The fourth-order valence-corrected chi connectivity index (χ4v) is 3.68. The second-order valence-corrected chi connectivity index (χ2v) is 7.73. The molecule has 0 spiro atoms. The molecule has 2 aromatic carbocycles.